The monoisotopic (exact) mass is 385 g/mol. The third kappa shape index (κ3) is 4.39. The maximum atomic E-state index is 12.7. The number of carbonyl (C=O) groups is 1. The number of amides is 1. The molecule has 0 N–H and O–H groups in total. The average Bonchev–Trinajstić information content (AvgIpc) is 3.20. The summed E-state index contributed by atoms with van der Waals surface area (Å²) in [6, 6.07) is 3.69. The molecule has 28 heavy (non-hydrogen) atoms. The van der Waals surface area contributed by atoms with E-state index in [9.17, 15) is 4.79 Å². The molecule has 0 aliphatic carbocycles. The highest BCUT2D eigenvalue weighted by molar-refractivity contribution is 5.76. The van der Waals surface area contributed by atoms with Gasteiger partial charge in [-0.15, -0.1) is 0 Å². The van der Waals surface area contributed by atoms with Crippen molar-refractivity contribution in [3.05, 3.63) is 30.4 Å². The SMILES string of the molecule is CN1CCC2(CC1)CN(C(=O)CCCc1nc(-c3ccncc3)no1)CCO2. The summed E-state index contributed by atoms with van der Waals surface area (Å²) in [7, 11) is 2.14. The molecule has 150 valence electrons. The maximum absolute atomic E-state index is 12.7. The molecule has 2 aliphatic heterocycles. The van der Waals surface area contributed by atoms with Crippen LogP contribution in [-0.4, -0.2) is 76.3 Å². The highest BCUT2D eigenvalue weighted by Crippen LogP contribution is 2.30. The molecule has 0 aromatic carbocycles. The quantitative estimate of drug-likeness (QED) is 0.775. The highest BCUT2D eigenvalue weighted by atomic mass is 16.5. The van der Waals surface area contributed by atoms with E-state index in [-0.39, 0.29) is 11.5 Å². The maximum Gasteiger partial charge on any atom is 0.226 e. The molecule has 2 aromatic heterocycles. The molecule has 0 unspecified atom stereocenters. The van der Waals surface area contributed by atoms with Gasteiger partial charge >= 0.3 is 0 Å². The molecule has 4 heterocycles. The zero-order valence-corrected chi connectivity index (χ0v) is 16.3. The van der Waals surface area contributed by atoms with Gasteiger partial charge in [-0.2, -0.15) is 4.98 Å². The van der Waals surface area contributed by atoms with Crippen LogP contribution in [0.4, 0.5) is 0 Å². The third-order valence-electron chi connectivity index (χ3n) is 5.69. The first-order chi connectivity index (χ1) is 13.6. The van der Waals surface area contributed by atoms with E-state index in [0.717, 1.165) is 31.5 Å². The Balaban J connectivity index is 1.26. The number of hydrogen-bond donors (Lipinski definition) is 0. The molecule has 1 amide bonds. The normalized spacial score (nSPS) is 19.8. The van der Waals surface area contributed by atoms with Gasteiger partial charge in [0.2, 0.25) is 17.6 Å². The third-order valence-corrected chi connectivity index (χ3v) is 5.69. The van der Waals surface area contributed by atoms with Crippen molar-refractivity contribution in [1.82, 2.24) is 24.9 Å². The highest BCUT2D eigenvalue weighted by Gasteiger charge is 2.40. The molecular formula is C20H27N5O3. The number of piperidine rings is 1. The number of hydrogen-bond acceptors (Lipinski definition) is 7. The van der Waals surface area contributed by atoms with Gasteiger partial charge in [0.1, 0.15) is 0 Å². The predicted octanol–water partition coefficient (Wildman–Crippen LogP) is 1.78. The van der Waals surface area contributed by atoms with Crippen LogP contribution in [-0.2, 0) is 16.0 Å². The number of likely N-dealkylation sites (tertiary alicyclic amines) is 1. The van der Waals surface area contributed by atoms with Crippen molar-refractivity contribution in [3.63, 3.8) is 0 Å². The van der Waals surface area contributed by atoms with Gasteiger partial charge in [0, 0.05) is 57.0 Å². The number of rotatable bonds is 5. The second kappa shape index (κ2) is 8.36. The van der Waals surface area contributed by atoms with Gasteiger partial charge in [0.25, 0.3) is 0 Å². The number of morpholine rings is 1. The first-order valence-electron chi connectivity index (χ1n) is 9.97. The number of ether oxygens (including phenoxy) is 1. The van der Waals surface area contributed by atoms with Gasteiger partial charge in [-0.1, -0.05) is 5.16 Å². The van der Waals surface area contributed by atoms with Crippen LogP contribution >= 0.6 is 0 Å². The van der Waals surface area contributed by atoms with Crippen LogP contribution in [0, 0.1) is 0 Å². The summed E-state index contributed by atoms with van der Waals surface area (Å²) in [4.78, 5) is 25.4. The van der Waals surface area contributed by atoms with E-state index in [0.29, 0.717) is 50.7 Å². The van der Waals surface area contributed by atoms with Crippen molar-refractivity contribution < 1.29 is 14.1 Å². The summed E-state index contributed by atoms with van der Waals surface area (Å²) in [6.07, 6.45) is 7.17. The van der Waals surface area contributed by atoms with E-state index in [1.165, 1.54) is 0 Å². The lowest BCUT2D eigenvalue weighted by Gasteiger charge is -2.46. The van der Waals surface area contributed by atoms with Crippen LogP contribution in [0.2, 0.25) is 0 Å². The summed E-state index contributed by atoms with van der Waals surface area (Å²) in [5, 5.41) is 4.01. The summed E-state index contributed by atoms with van der Waals surface area (Å²) < 4.78 is 11.4. The Morgan fingerprint density at radius 3 is 2.79 bits per heavy atom. The first-order valence-corrected chi connectivity index (χ1v) is 9.97. The van der Waals surface area contributed by atoms with Crippen molar-refractivity contribution in [2.45, 2.75) is 37.7 Å². The Hall–Kier alpha value is -2.32. The molecule has 4 rings (SSSR count). The molecule has 1 spiro atoms. The lowest BCUT2D eigenvalue weighted by molar-refractivity contribution is -0.158. The summed E-state index contributed by atoms with van der Waals surface area (Å²) in [5.41, 5.74) is 0.727. The van der Waals surface area contributed by atoms with Gasteiger partial charge in [-0.05, 0) is 38.4 Å². The van der Waals surface area contributed by atoms with Crippen molar-refractivity contribution in [2.75, 3.05) is 39.8 Å². The van der Waals surface area contributed by atoms with Gasteiger partial charge in [-0.3, -0.25) is 9.78 Å². The Kier molecular flexibility index (Phi) is 5.68. The van der Waals surface area contributed by atoms with E-state index < -0.39 is 0 Å². The lowest BCUT2D eigenvalue weighted by Crippen LogP contribution is -2.57. The van der Waals surface area contributed by atoms with Crippen LogP contribution < -0.4 is 0 Å². The fourth-order valence-corrected chi connectivity index (χ4v) is 3.91. The molecule has 0 bridgehead atoms. The van der Waals surface area contributed by atoms with Gasteiger partial charge in [-0.25, -0.2) is 0 Å². The Morgan fingerprint density at radius 2 is 2.00 bits per heavy atom. The minimum atomic E-state index is -0.146. The first kappa shape index (κ1) is 19.0. The van der Waals surface area contributed by atoms with Gasteiger partial charge in [0.05, 0.1) is 12.2 Å². The second-order valence-electron chi connectivity index (χ2n) is 7.75. The average molecular weight is 385 g/mol. The fraction of sp³-hybridized carbons (Fsp3) is 0.600. The van der Waals surface area contributed by atoms with Crippen molar-refractivity contribution in [1.29, 1.82) is 0 Å². The number of aryl methyl sites for hydroxylation is 1. The Bertz CT molecular complexity index is 786. The Labute approximate surface area is 164 Å². The molecule has 2 aromatic rings. The van der Waals surface area contributed by atoms with Crippen LogP contribution in [0.3, 0.4) is 0 Å². The fourth-order valence-electron chi connectivity index (χ4n) is 3.91. The molecule has 2 aliphatic rings. The van der Waals surface area contributed by atoms with Crippen molar-refractivity contribution >= 4 is 5.91 Å². The smallest absolute Gasteiger partial charge is 0.226 e. The minimum Gasteiger partial charge on any atom is -0.371 e. The van der Waals surface area contributed by atoms with Crippen LogP contribution in [0.25, 0.3) is 11.4 Å². The molecule has 2 fully saturated rings. The topological polar surface area (TPSA) is 84.6 Å². The number of nitrogens with zero attached hydrogens (tertiary/aromatic N) is 5. The Morgan fingerprint density at radius 1 is 1.21 bits per heavy atom. The van der Waals surface area contributed by atoms with Crippen LogP contribution in [0.1, 0.15) is 31.6 Å². The molecule has 0 radical (unpaired) electrons. The number of aromatic nitrogens is 3. The zero-order chi connectivity index (χ0) is 19.4. The van der Waals surface area contributed by atoms with Gasteiger partial charge < -0.3 is 19.1 Å². The van der Waals surface area contributed by atoms with Crippen molar-refractivity contribution in [2.24, 2.45) is 0 Å². The van der Waals surface area contributed by atoms with E-state index >= 15 is 0 Å². The van der Waals surface area contributed by atoms with Crippen LogP contribution in [0.15, 0.2) is 29.0 Å². The number of pyridine rings is 1. The van der Waals surface area contributed by atoms with Gasteiger partial charge in [0.15, 0.2) is 0 Å². The standard InChI is InChI=1S/C20H27N5O3/c1-24-11-7-20(8-12-24)15-25(13-14-27-20)18(26)4-2-3-17-22-19(23-28-17)16-5-9-21-10-6-16/h5-6,9-10H,2-4,7-8,11-15H2,1H3. The van der Waals surface area contributed by atoms with E-state index in [4.69, 9.17) is 9.26 Å². The predicted molar refractivity (Wildman–Crippen MR) is 102 cm³/mol. The van der Waals surface area contributed by atoms with E-state index in [1.54, 1.807) is 12.4 Å². The number of carbonyl (C=O) groups excluding carboxylic acids is 1. The minimum absolute atomic E-state index is 0.146. The molecule has 8 nitrogen and oxygen atoms in total. The summed E-state index contributed by atoms with van der Waals surface area (Å²) >= 11 is 0. The summed E-state index contributed by atoms with van der Waals surface area (Å²) in [6.45, 7) is 4.09. The molecule has 8 heteroatoms. The molecular weight excluding hydrogens is 358 g/mol. The second-order valence-corrected chi connectivity index (χ2v) is 7.75. The summed E-state index contributed by atoms with van der Waals surface area (Å²) in [5.74, 6) is 1.31. The van der Waals surface area contributed by atoms with E-state index in [1.807, 2.05) is 17.0 Å². The molecule has 2 saturated heterocycles. The van der Waals surface area contributed by atoms with Crippen LogP contribution in [0.5, 0.6) is 0 Å². The molecule has 0 saturated carbocycles. The van der Waals surface area contributed by atoms with Crippen molar-refractivity contribution in [3.8, 4) is 11.4 Å². The lowest BCUT2D eigenvalue weighted by atomic mass is 9.89. The largest absolute Gasteiger partial charge is 0.371 e. The zero-order valence-electron chi connectivity index (χ0n) is 16.3. The molecule has 0 atom stereocenters. The van der Waals surface area contributed by atoms with E-state index in [2.05, 4.69) is 27.1 Å².